The number of hydrogen-bond donors (Lipinski definition) is 1. The van der Waals surface area contributed by atoms with Crippen molar-refractivity contribution in [3.05, 3.63) is 46.6 Å². The van der Waals surface area contributed by atoms with Gasteiger partial charge in [0.1, 0.15) is 11.8 Å². The molecule has 0 aliphatic rings. The Morgan fingerprint density at radius 1 is 1.15 bits per heavy atom. The van der Waals surface area contributed by atoms with Gasteiger partial charge in [-0.15, -0.1) is 0 Å². The molecule has 0 radical (unpaired) electrons. The van der Waals surface area contributed by atoms with Gasteiger partial charge in [0, 0.05) is 11.3 Å². The number of imidazole rings is 1. The minimum Gasteiger partial charge on any atom is -0.366 e. The molecule has 2 N–H and O–H groups in total. The molecule has 0 bridgehead atoms. The van der Waals surface area contributed by atoms with Gasteiger partial charge in [0.2, 0.25) is 11.2 Å². The van der Waals surface area contributed by atoms with Gasteiger partial charge < -0.3 is 5.73 Å². The number of hydrogen-bond acceptors (Lipinski definition) is 4. The Hall–Kier alpha value is -2.18. The molecule has 100 valence electrons. The number of amides is 1. The third-order valence-corrected chi connectivity index (χ3v) is 3.19. The van der Waals surface area contributed by atoms with Crippen molar-refractivity contribution in [3.63, 3.8) is 0 Å². The molecule has 1 amide bonds. The first-order chi connectivity index (χ1) is 9.56. The van der Waals surface area contributed by atoms with Gasteiger partial charge in [0.05, 0.1) is 0 Å². The van der Waals surface area contributed by atoms with Gasteiger partial charge in [-0.1, -0.05) is 11.6 Å². The van der Waals surface area contributed by atoms with Crippen LogP contribution in [-0.4, -0.2) is 25.4 Å². The number of rotatable bonds is 2. The molecule has 0 fully saturated rings. The average molecular weight is 308 g/mol. The lowest BCUT2D eigenvalue weighted by Gasteiger charge is -2.04. The molecule has 0 spiro atoms. The molecule has 2 aromatic heterocycles. The first kappa shape index (κ1) is 12.8. The highest BCUT2D eigenvalue weighted by molar-refractivity contribution is 6.35. The van der Waals surface area contributed by atoms with Gasteiger partial charge in [0.15, 0.2) is 10.8 Å². The maximum atomic E-state index is 11.0. The van der Waals surface area contributed by atoms with Crippen molar-refractivity contribution in [3.8, 4) is 5.69 Å². The lowest BCUT2D eigenvalue weighted by Crippen LogP contribution is -2.10. The van der Waals surface area contributed by atoms with E-state index in [0.29, 0.717) is 16.7 Å². The van der Waals surface area contributed by atoms with Crippen LogP contribution in [0.1, 0.15) is 10.4 Å². The molecule has 6 nitrogen and oxygen atoms in total. The number of halogens is 2. The van der Waals surface area contributed by atoms with E-state index in [4.69, 9.17) is 28.9 Å². The Labute approximate surface area is 123 Å². The highest BCUT2D eigenvalue weighted by Gasteiger charge is 2.12. The fourth-order valence-electron chi connectivity index (χ4n) is 1.82. The van der Waals surface area contributed by atoms with Crippen molar-refractivity contribution in [2.75, 3.05) is 0 Å². The maximum absolute atomic E-state index is 11.0. The predicted molar refractivity (Wildman–Crippen MR) is 75.2 cm³/mol. The molecule has 20 heavy (non-hydrogen) atoms. The molecule has 2 heterocycles. The summed E-state index contributed by atoms with van der Waals surface area (Å²) in [6.45, 7) is 0. The van der Waals surface area contributed by atoms with Crippen LogP contribution in [0.25, 0.3) is 16.9 Å². The zero-order chi connectivity index (χ0) is 14.3. The van der Waals surface area contributed by atoms with Crippen LogP contribution in [0.15, 0.2) is 30.6 Å². The van der Waals surface area contributed by atoms with E-state index in [0.717, 1.165) is 5.69 Å². The Balaban J connectivity index is 2.17. The number of primary amides is 1. The number of nitrogens with zero attached hydrogens (tertiary/aromatic N) is 4. The topological polar surface area (TPSA) is 86.7 Å². The Morgan fingerprint density at radius 3 is 2.50 bits per heavy atom. The second-order valence-electron chi connectivity index (χ2n) is 3.98. The third-order valence-electron chi connectivity index (χ3n) is 2.76. The minimum atomic E-state index is -0.486. The second kappa shape index (κ2) is 4.73. The van der Waals surface area contributed by atoms with Crippen molar-refractivity contribution in [2.24, 2.45) is 5.73 Å². The molecule has 1 aromatic carbocycles. The van der Waals surface area contributed by atoms with Crippen LogP contribution in [0.3, 0.4) is 0 Å². The summed E-state index contributed by atoms with van der Waals surface area (Å²) in [5.74, 6) is -0.486. The summed E-state index contributed by atoms with van der Waals surface area (Å²) in [6.07, 6.45) is 1.56. The van der Waals surface area contributed by atoms with Crippen molar-refractivity contribution in [2.45, 2.75) is 0 Å². The van der Waals surface area contributed by atoms with E-state index in [1.54, 1.807) is 35.2 Å². The molecular weight excluding hydrogens is 301 g/mol. The molecule has 0 saturated carbocycles. The van der Waals surface area contributed by atoms with E-state index >= 15 is 0 Å². The molecule has 0 unspecified atom stereocenters. The van der Waals surface area contributed by atoms with Crippen LogP contribution >= 0.6 is 23.2 Å². The predicted octanol–water partition coefficient (Wildman–Crippen LogP) is 2.22. The number of carbonyl (C=O) groups is 1. The number of benzene rings is 1. The van der Waals surface area contributed by atoms with Gasteiger partial charge >= 0.3 is 0 Å². The van der Waals surface area contributed by atoms with Crippen molar-refractivity contribution in [1.29, 1.82) is 0 Å². The zero-order valence-corrected chi connectivity index (χ0v) is 11.4. The van der Waals surface area contributed by atoms with E-state index in [2.05, 4.69) is 15.0 Å². The Bertz CT molecular complexity index is 813. The van der Waals surface area contributed by atoms with Crippen molar-refractivity contribution < 1.29 is 4.79 Å². The van der Waals surface area contributed by atoms with E-state index < -0.39 is 5.91 Å². The van der Waals surface area contributed by atoms with Gasteiger partial charge in [-0.2, -0.15) is 4.98 Å². The van der Waals surface area contributed by atoms with Crippen molar-refractivity contribution >= 4 is 40.3 Å². The van der Waals surface area contributed by atoms with Gasteiger partial charge in [-0.25, -0.2) is 9.97 Å². The van der Waals surface area contributed by atoms with Crippen LogP contribution in [0.2, 0.25) is 10.4 Å². The number of nitrogens with two attached hydrogens (primary N) is 1. The number of fused-ring (bicyclic) bond motifs is 1. The summed E-state index contributed by atoms with van der Waals surface area (Å²) in [6, 6.07) is 6.69. The van der Waals surface area contributed by atoms with Gasteiger partial charge in [-0.3, -0.25) is 9.36 Å². The summed E-state index contributed by atoms with van der Waals surface area (Å²) < 4.78 is 1.69. The summed E-state index contributed by atoms with van der Waals surface area (Å²) in [4.78, 5) is 23.1. The lowest BCUT2D eigenvalue weighted by molar-refractivity contribution is 0.100. The monoisotopic (exact) mass is 307 g/mol. The summed E-state index contributed by atoms with van der Waals surface area (Å²) >= 11 is 11.8. The second-order valence-corrected chi connectivity index (χ2v) is 4.68. The van der Waals surface area contributed by atoms with E-state index in [9.17, 15) is 4.79 Å². The molecule has 3 aromatic rings. The van der Waals surface area contributed by atoms with Crippen LogP contribution in [0.4, 0.5) is 0 Å². The molecular formula is C12H7Cl2N5O. The number of aromatic nitrogens is 4. The fourth-order valence-corrected chi connectivity index (χ4v) is 2.24. The van der Waals surface area contributed by atoms with Gasteiger partial charge in [-0.05, 0) is 35.9 Å². The van der Waals surface area contributed by atoms with Crippen LogP contribution in [0, 0.1) is 0 Å². The minimum absolute atomic E-state index is 0.0398. The summed E-state index contributed by atoms with van der Waals surface area (Å²) in [7, 11) is 0. The Morgan fingerprint density at radius 2 is 1.85 bits per heavy atom. The molecule has 0 atom stereocenters. The van der Waals surface area contributed by atoms with E-state index in [1.165, 1.54) is 0 Å². The lowest BCUT2D eigenvalue weighted by atomic mass is 10.2. The normalized spacial score (nSPS) is 10.9. The smallest absolute Gasteiger partial charge is 0.248 e. The maximum Gasteiger partial charge on any atom is 0.248 e. The van der Waals surface area contributed by atoms with Crippen LogP contribution in [0.5, 0.6) is 0 Å². The van der Waals surface area contributed by atoms with Gasteiger partial charge in [0.25, 0.3) is 0 Å². The van der Waals surface area contributed by atoms with E-state index in [-0.39, 0.29) is 10.4 Å². The van der Waals surface area contributed by atoms with Crippen molar-refractivity contribution in [1.82, 2.24) is 19.5 Å². The SMILES string of the molecule is NC(=O)c1ccc(-n2cnc3c(Cl)nc(Cl)nc32)cc1. The standard InChI is InChI=1S/C12H7Cl2N5O/c13-9-8-11(18-12(14)17-9)19(5-16-8)7-3-1-6(2-4-7)10(15)20/h1-5H,(H2,15,20). The molecule has 0 saturated heterocycles. The largest absolute Gasteiger partial charge is 0.366 e. The highest BCUT2D eigenvalue weighted by atomic mass is 35.5. The zero-order valence-electron chi connectivity index (χ0n) is 9.92. The molecule has 3 rings (SSSR count). The Kier molecular flexibility index (Phi) is 3.04. The summed E-state index contributed by atoms with van der Waals surface area (Å²) in [5.41, 5.74) is 7.31. The van der Waals surface area contributed by atoms with E-state index in [1.807, 2.05) is 0 Å². The third kappa shape index (κ3) is 2.09. The number of carbonyl (C=O) groups excluding carboxylic acids is 1. The first-order valence-corrected chi connectivity index (χ1v) is 6.28. The summed E-state index contributed by atoms with van der Waals surface area (Å²) in [5, 5.41) is 0.227. The van der Waals surface area contributed by atoms with Crippen LogP contribution < -0.4 is 5.73 Å². The highest BCUT2D eigenvalue weighted by Crippen LogP contribution is 2.23. The molecule has 8 heteroatoms. The fraction of sp³-hybridized carbons (Fsp3) is 0. The average Bonchev–Trinajstić information content (AvgIpc) is 2.82. The molecule has 0 aliphatic carbocycles. The first-order valence-electron chi connectivity index (χ1n) is 5.52. The molecule has 0 aliphatic heterocycles. The van der Waals surface area contributed by atoms with Crippen LogP contribution in [-0.2, 0) is 0 Å². The quantitative estimate of drug-likeness (QED) is 0.581.